The Kier molecular flexibility index (Phi) is 3.67. The average molecular weight is 299 g/mol. The maximum absolute atomic E-state index is 10.4. The van der Waals surface area contributed by atoms with E-state index < -0.39 is 5.60 Å². The molecule has 2 atom stereocenters. The zero-order valence-electron chi connectivity index (χ0n) is 12.8. The van der Waals surface area contributed by atoms with Crippen molar-refractivity contribution in [2.24, 2.45) is 5.41 Å². The lowest BCUT2D eigenvalue weighted by Crippen LogP contribution is -2.44. The Morgan fingerprint density at radius 2 is 2.23 bits per heavy atom. The molecule has 2 aromatic rings. The van der Waals surface area contributed by atoms with Gasteiger partial charge in [0.05, 0.1) is 41.2 Å². The number of nitrogens with zero attached hydrogens (tertiary/aromatic N) is 3. The average Bonchev–Trinajstić information content (AvgIpc) is 2.88. The maximum Gasteiger partial charge on any atom is 0.0992 e. The highest BCUT2D eigenvalue weighted by atomic mass is 16.3. The number of hydrogen-bond donors (Lipinski definition) is 2. The second kappa shape index (κ2) is 5.38. The molecular weight excluding hydrogens is 278 g/mol. The van der Waals surface area contributed by atoms with Gasteiger partial charge >= 0.3 is 0 Å². The van der Waals surface area contributed by atoms with Gasteiger partial charge in [-0.3, -0.25) is 0 Å². The molecule has 0 saturated heterocycles. The summed E-state index contributed by atoms with van der Waals surface area (Å²) >= 11 is 0. The SMILES string of the molecule is C[C@]1(Cn2cnc3ccc(C#N)cc32)CCC[C@](O)(CO)C1. The van der Waals surface area contributed by atoms with Crippen LogP contribution < -0.4 is 0 Å². The van der Waals surface area contributed by atoms with Crippen LogP contribution in [0.4, 0.5) is 0 Å². The van der Waals surface area contributed by atoms with Gasteiger partial charge in [0.25, 0.3) is 0 Å². The van der Waals surface area contributed by atoms with E-state index >= 15 is 0 Å². The predicted octanol–water partition coefficient (Wildman–Crippen LogP) is 2.21. The van der Waals surface area contributed by atoms with Crippen molar-refractivity contribution in [3.05, 3.63) is 30.1 Å². The van der Waals surface area contributed by atoms with Crippen LogP contribution in [0.25, 0.3) is 11.0 Å². The maximum atomic E-state index is 10.4. The molecule has 1 fully saturated rings. The van der Waals surface area contributed by atoms with E-state index in [1.165, 1.54) is 0 Å². The van der Waals surface area contributed by atoms with Gasteiger partial charge in [-0.05, 0) is 49.3 Å². The Balaban J connectivity index is 1.91. The molecule has 0 radical (unpaired) electrons. The van der Waals surface area contributed by atoms with Gasteiger partial charge in [-0.2, -0.15) is 5.26 Å². The molecule has 1 heterocycles. The van der Waals surface area contributed by atoms with Gasteiger partial charge in [0, 0.05) is 6.54 Å². The third-order valence-corrected chi connectivity index (χ3v) is 4.77. The number of aliphatic hydroxyl groups is 2. The molecule has 5 nitrogen and oxygen atoms in total. The molecule has 0 spiro atoms. The van der Waals surface area contributed by atoms with Crippen LogP contribution in [0.15, 0.2) is 24.5 Å². The summed E-state index contributed by atoms with van der Waals surface area (Å²) in [6.07, 6.45) is 4.94. The summed E-state index contributed by atoms with van der Waals surface area (Å²) in [5.74, 6) is 0. The molecule has 0 unspecified atom stereocenters. The molecule has 0 amide bonds. The molecule has 1 aromatic heterocycles. The van der Waals surface area contributed by atoms with Crippen molar-refractivity contribution in [2.75, 3.05) is 6.61 Å². The first-order chi connectivity index (χ1) is 10.5. The fraction of sp³-hybridized carbons (Fsp3) is 0.529. The highest BCUT2D eigenvalue weighted by Gasteiger charge is 2.41. The summed E-state index contributed by atoms with van der Waals surface area (Å²) < 4.78 is 2.05. The van der Waals surface area contributed by atoms with Gasteiger partial charge in [-0.1, -0.05) is 6.92 Å². The molecule has 2 N–H and O–H groups in total. The summed E-state index contributed by atoms with van der Waals surface area (Å²) in [6, 6.07) is 7.64. The van der Waals surface area contributed by atoms with Crippen LogP contribution in [-0.2, 0) is 6.54 Å². The molecule has 1 aliphatic rings. The van der Waals surface area contributed by atoms with Gasteiger partial charge < -0.3 is 14.8 Å². The largest absolute Gasteiger partial charge is 0.393 e. The van der Waals surface area contributed by atoms with E-state index in [0.717, 1.165) is 30.4 Å². The van der Waals surface area contributed by atoms with Crippen molar-refractivity contribution in [3.63, 3.8) is 0 Å². The molecule has 5 heteroatoms. The second-order valence-electron chi connectivity index (χ2n) is 6.91. The third-order valence-electron chi connectivity index (χ3n) is 4.77. The summed E-state index contributed by atoms with van der Waals surface area (Å²) in [7, 11) is 0. The molecule has 22 heavy (non-hydrogen) atoms. The summed E-state index contributed by atoms with van der Waals surface area (Å²) in [5, 5.41) is 28.9. The number of nitriles is 1. The number of benzene rings is 1. The van der Waals surface area contributed by atoms with Crippen molar-refractivity contribution in [2.45, 2.75) is 44.8 Å². The highest BCUT2D eigenvalue weighted by molar-refractivity contribution is 5.76. The summed E-state index contributed by atoms with van der Waals surface area (Å²) in [5.41, 5.74) is 1.37. The lowest BCUT2D eigenvalue weighted by molar-refractivity contribution is -0.0822. The Morgan fingerprint density at radius 3 is 2.95 bits per heavy atom. The van der Waals surface area contributed by atoms with Crippen molar-refractivity contribution in [1.82, 2.24) is 9.55 Å². The Hall–Kier alpha value is -1.90. The van der Waals surface area contributed by atoms with E-state index in [1.54, 1.807) is 12.4 Å². The first kappa shape index (κ1) is 15.0. The lowest BCUT2D eigenvalue weighted by atomic mass is 9.68. The van der Waals surface area contributed by atoms with Crippen LogP contribution in [0.1, 0.15) is 38.2 Å². The van der Waals surface area contributed by atoms with Crippen LogP contribution in [0.5, 0.6) is 0 Å². The quantitative estimate of drug-likeness (QED) is 0.910. The minimum atomic E-state index is -0.971. The minimum absolute atomic E-state index is 0.0913. The van der Waals surface area contributed by atoms with E-state index in [-0.39, 0.29) is 12.0 Å². The summed E-state index contributed by atoms with van der Waals surface area (Å²) in [4.78, 5) is 4.39. The van der Waals surface area contributed by atoms with Gasteiger partial charge in [0.15, 0.2) is 0 Å². The van der Waals surface area contributed by atoms with Crippen molar-refractivity contribution in [3.8, 4) is 6.07 Å². The molecular formula is C17H21N3O2. The van der Waals surface area contributed by atoms with E-state index in [9.17, 15) is 10.2 Å². The Labute approximate surface area is 129 Å². The number of rotatable bonds is 3. The van der Waals surface area contributed by atoms with Crippen LogP contribution in [0.3, 0.4) is 0 Å². The first-order valence-electron chi connectivity index (χ1n) is 7.65. The lowest BCUT2D eigenvalue weighted by Gasteiger charge is -2.42. The summed E-state index contributed by atoms with van der Waals surface area (Å²) in [6.45, 7) is 2.68. The number of hydrogen-bond acceptors (Lipinski definition) is 4. The number of aliphatic hydroxyl groups excluding tert-OH is 1. The van der Waals surface area contributed by atoms with E-state index in [4.69, 9.17) is 5.26 Å². The zero-order valence-corrected chi connectivity index (χ0v) is 12.8. The smallest absolute Gasteiger partial charge is 0.0992 e. The normalized spacial score (nSPS) is 28.6. The van der Waals surface area contributed by atoms with E-state index in [2.05, 4.69) is 22.5 Å². The fourth-order valence-corrected chi connectivity index (χ4v) is 3.75. The van der Waals surface area contributed by atoms with E-state index in [0.29, 0.717) is 18.4 Å². The number of fused-ring (bicyclic) bond motifs is 1. The molecule has 1 saturated carbocycles. The number of imidazole rings is 1. The van der Waals surface area contributed by atoms with Crippen LogP contribution >= 0.6 is 0 Å². The standard InChI is InChI=1S/C17H21N3O2/c1-16(5-2-6-17(22,9-16)11-21)10-20-12-19-14-4-3-13(8-18)7-15(14)20/h3-4,7,12,21-22H,2,5-6,9-11H2,1H3/t16-,17+/m0/s1. The molecule has 1 aliphatic carbocycles. The predicted molar refractivity (Wildman–Crippen MR) is 83.1 cm³/mol. The van der Waals surface area contributed by atoms with Crippen LogP contribution in [-0.4, -0.2) is 32.0 Å². The van der Waals surface area contributed by atoms with Crippen molar-refractivity contribution < 1.29 is 10.2 Å². The molecule has 0 bridgehead atoms. The van der Waals surface area contributed by atoms with Gasteiger partial charge in [-0.25, -0.2) is 4.98 Å². The zero-order chi connectivity index (χ0) is 15.8. The minimum Gasteiger partial charge on any atom is -0.393 e. The van der Waals surface area contributed by atoms with Gasteiger partial charge in [0.1, 0.15) is 0 Å². The van der Waals surface area contributed by atoms with Gasteiger partial charge in [-0.15, -0.1) is 0 Å². The topological polar surface area (TPSA) is 82.1 Å². The first-order valence-corrected chi connectivity index (χ1v) is 7.65. The van der Waals surface area contributed by atoms with Crippen molar-refractivity contribution >= 4 is 11.0 Å². The molecule has 116 valence electrons. The van der Waals surface area contributed by atoms with Crippen LogP contribution in [0, 0.1) is 16.7 Å². The Bertz CT molecular complexity index is 733. The third kappa shape index (κ3) is 2.72. The molecule has 0 aliphatic heterocycles. The molecule has 3 rings (SSSR count). The monoisotopic (exact) mass is 299 g/mol. The van der Waals surface area contributed by atoms with Crippen LogP contribution in [0.2, 0.25) is 0 Å². The molecule has 1 aromatic carbocycles. The fourth-order valence-electron chi connectivity index (χ4n) is 3.75. The number of aromatic nitrogens is 2. The Morgan fingerprint density at radius 1 is 1.41 bits per heavy atom. The van der Waals surface area contributed by atoms with Gasteiger partial charge in [0.2, 0.25) is 0 Å². The highest BCUT2D eigenvalue weighted by Crippen LogP contribution is 2.42. The van der Waals surface area contributed by atoms with Crippen molar-refractivity contribution in [1.29, 1.82) is 5.26 Å². The van der Waals surface area contributed by atoms with E-state index in [1.807, 2.05) is 12.1 Å². The second-order valence-corrected chi connectivity index (χ2v) is 6.91.